The highest BCUT2D eigenvalue weighted by Crippen LogP contribution is 2.28. The van der Waals surface area contributed by atoms with Crippen molar-refractivity contribution in [3.63, 3.8) is 0 Å². The average molecular weight is 324 g/mol. The monoisotopic (exact) mass is 324 g/mol. The first-order chi connectivity index (χ1) is 10.7. The van der Waals surface area contributed by atoms with Gasteiger partial charge in [-0.2, -0.15) is 0 Å². The molecule has 1 aromatic heterocycles. The van der Waals surface area contributed by atoms with E-state index >= 15 is 0 Å². The SMILES string of the molecule is CO[C@@H]1C[C@H](C(=O)NCc2nc3c(s2)CCCC3)CC[C@@H]1O. The van der Waals surface area contributed by atoms with E-state index in [1.54, 1.807) is 18.4 Å². The van der Waals surface area contributed by atoms with Crippen molar-refractivity contribution in [3.05, 3.63) is 15.6 Å². The molecule has 1 heterocycles. The van der Waals surface area contributed by atoms with Crippen LogP contribution in [0.1, 0.15) is 47.7 Å². The minimum Gasteiger partial charge on any atom is -0.390 e. The van der Waals surface area contributed by atoms with Gasteiger partial charge in [-0.05, 0) is 44.9 Å². The molecule has 0 unspecified atom stereocenters. The first-order valence-corrected chi connectivity index (χ1v) is 8.95. The zero-order valence-electron chi connectivity index (χ0n) is 13.0. The summed E-state index contributed by atoms with van der Waals surface area (Å²) in [4.78, 5) is 18.4. The maximum Gasteiger partial charge on any atom is 0.223 e. The van der Waals surface area contributed by atoms with E-state index in [1.807, 2.05) is 0 Å². The van der Waals surface area contributed by atoms with Gasteiger partial charge in [0, 0.05) is 17.9 Å². The molecule has 0 bridgehead atoms. The number of fused-ring (bicyclic) bond motifs is 1. The first kappa shape index (κ1) is 15.9. The van der Waals surface area contributed by atoms with Crippen LogP contribution in [0, 0.1) is 5.92 Å². The molecular weight excluding hydrogens is 300 g/mol. The average Bonchev–Trinajstić information content (AvgIpc) is 2.96. The van der Waals surface area contributed by atoms with Crippen molar-refractivity contribution in [3.8, 4) is 0 Å². The normalized spacial score (nSPS) is 28.2. The first-order valence-electron chi connectivity index (χ1n) is 8.13. The summed E-state index contributed by atoms with van der Waals surface area (Å²) in [5.41, 5.74) is 1.24. The van der Waals surface area contributed by atoms with Gasteiger partial charge in [0.25, 0.3) is 0 Å². The Morgan fingerprint density at radius 1 is 1.41 bits per heavy atom. The van der Waals surface area contributed by atoms with Crippen LogP contribution in [0.4, 0.5) is 0 Å². The third-order valence-corrected chi connectivity index (χ3v) is 5.89. The third kappa shape index (κ3) is 3.50. The number of hydrogen-bond donors (Lipinski definition) is 2. The number of nitrogens with one attached hydrogen (secondary N) is 1. The summed E-state index contributed by atoms with van der Waals surface area (Å²) in [5.74, 6) is -0.00920. The van der Waals surface area contributed by atoms with Crippen LogP contribution in [0.15, 0.2) is 0 Å². The van der Waals surface area contributed by atoms with Crippen molar-refractivity contribution in [1.29, 1.82) is 0 Å². The summed E-state index contributed by atoms with van der Waals surface area (Å²) in [6, 6.07) is 0. The molecule has 6 heteroatoms. The van der Waals surface area contributed by atoms with Crippen molar-refractivity contribution in [1.82, 2.24) is 10.3 Å². The number of aryl methyl sites for hydroxylation is 2. The number of aliphatic hydroxyl groups is 1. The van der Waals surface area contributed by atoms with E-state index in [2.05, 4.69) is 10.3 Å². The zero-order chi connectivity index (χ0) is 15.5. The van der Waals surface area contributed by atoms with Gasteiger partial charge in [-0.3, -0.25) is 4.79 Å². The second kappa shape index (κ2) is 7.06. The number of aromatic nitrogens is 1. The molecule has 0 saturated heterocycles. The molecule has 1 fully saturated rings. The molecule has 0 aromatic carbocycles. The van der Waals surface area contributed by atoms with Gasteiger partial charge in [-0.15, -0.1) is 11.3 Å². The van der Waals surface area contributed by atoms with E-state index in [1.165, 1.54) is 23.4 Å². The van der Waals surface area contributed by atoms with Crippen LogP contribution >= 0.6 is 11.3 Å². The van der Waals surface area contributed by atoms with E-state index in [0.29, 0.717) is 19.4 Å². The van der Waals surface area contributed by atoms with Gasteiger partial charge in [0.2, 0.25) is 5.91 Å². The van der Waals surface area contributed by atoms with Crippen LogP contribution in [0.2, 0.25) is 0 Å². The molecule has 122 valence electrons. The van der Waals surface area contributed by atoms with E-state index in [9.17, 15) is 9.90 Å². The standard InChI is InChI=1S/C16H24N2O3S/c1-21-13-8-10(6-7-12(13)19)16(20)17-9-15-18-11-4-2-3-5-14(11)22-15/h10,12-13,19H,2-9H2,1H3,(H,17,20)/t10-,12+,13-/m1/s1. The third-order valence-electron chi connectivity index (χ3n) is 4.73. The van der Waals surface area contributed by atoms with Crippen molar-refractivity contribution in [2.45, 2.75) is 63.7 Å². The van der Waals surface area contributed by atoms with E-state index < -0.39 is 6.10 Å². The lowest BCUT2D eigenvalue weighted by atomic mass is 9.84. The van der Waals surface area contributed by atoms with Crippen LogP contribution in [0.3, 0.4) is 0 Å². The molecule has 1 amide bonds. The Kier molecular flexibility index (Phi) is 5.10. The van der Waals surface area contributed by atoms with E-state index in [-0.39, 0.29) is 17.9 Å². The fourth-order valence-electron chi connectivity index (χ4n) is 3.39. The summed E-state index contributed by atoms with van der Waals surface area (Å²) in [7, 11) is 1.59. The second-order valence-corrected chi connectivity index (χ2v) is 7.42. The molecule has 2 aliphatic rings. The number of amides is 1. The highest BCUT2D eigenvalue weighted by atomic mass is 32.1. The maximum atomic E-state index is 12.3. The number of ether oxygens (including phenoxy) is 1. The summed E-state index contributed by atoms with van der Waals surface area (Å²) >= 11 is 1.74. The topological polar surface area (TPSA) is 71.5 Å². The molecular formula is C16H24N2O3S. The van der Waals surface area contributed by atoms with Gasteiger partial charge in [-0.1, -0.05) is 0 Å². The zero-order valence-corrected chi connectivity index (χ0v) is 13.8. The Morgan fingerprint density at radius 3 is 3.00 bits per heavy atom. The summed E-state index contributed by atoms with van der Waals surface area (Å²) in [5, 5.41) is 13.8. The molecule has 22 heavy (non-hydrogen) atoms. The number of carbonyl (C=O) groups excluding carboxylic acids is 1. The summed E-state index contributed by atoms with van der Waals surface area (Å²) < 4.78 is 5.26. The Hall–Kier alpha value is -0.980. The van der Waals surface area contributed by atoms with Crippen LogP contribution < -0.4 is 5.32 Å². The molecule has 3 rings (SSSR count). The van der Waals surface area contributed by atoms with Crippen molar-refractivity contribution < 1.29 is 14.6 Å². The van der Waals surface area contributed by atoms with Gasteiger partial charge < -0.3 is 15.2 Å². The molecule has 2 aliphatic carbocycles. The molecule has 3 atom stereocenters. The highest BCUT2D eigenvalue weighted by Gasteiger charge is 2.32. The lowest BCUT2D eigenvalue weighted by Gasteiger charge is -2.31. The van der Waals surface area contributed by atoms with Gasteiger partial charge in [-0.25, -0.2) is 4.98 Å². The van der Waals surface area contributed by atoms with E-state index in [0.717, 1.165) is 24.3 Å². The quantitative estimate of drug-likeness (QED) is 0.886. The lowest BCUT2D eigenvalue weighted by molar-refractivity contribution is -0.130. The predicted octanol–water partition coefficient (Wildman–Crippen LogP) is 1.81. The smallest absolute Gasteiger partial charge is 0.223 e. The Morgan fingerprint density at radius 2 is 2.23 bits per heavy atom. The fraction of sp³-hybridized carbons (Fsp3) is 0.750. The number of methoxy groups -OCH3 is 1. The molecule has 1 aromatic rings. The molecule has 0 radical (unpaired) electrons. The summed E-state index contributed by atoms with van der Waals surface area (Å²) in [6.07, 6.45) is 5.97. The minimum atomic E-state index is -0.445. The van der Waals surface area contributed by atoms with Crippen LogP contribution in [0.25, 0.3) is 0 Å². The predicted molar refractivity (Wildman–Crippen MR) is 84.7 cm³/mol. The number of thiazole rings is 1. The summed E-state index contributed by atoms with van der Waals surface area (Å²) in [6.45, 7) is 0.521. The highest BCUT2D eigenvalue weighted by molar-refractivity contribution is 7.11. The van der Waals surface area contributed by atoms with Gasteiger partial charge in [0.1, 0.15) is 5.01 Å². The maximum absolute atomic E-state index is 12.3. The number of hydrogen-bond acceptors (Lipinski definition) is 5. The van der Waals surface area contributed by atoms with Crippen molar-refractivity contribution >= 4 is 17.2 Å². The molecule has 0 spiro atoms. The van der Waals surface area contributed by atoms with Gasteiger partial charge >= 0.3 is 0 Å². The number of aliphatic hydroxyl groups excluding tert-OH is 1. The Balaban J connectivity index is 1.52. The minimum absolute atomic E-state index is 0.0575. The van der Waals surface area contributed by atoms with Crippen molar-refractivity contribution in [2.75, 3.05) is 7.11 Å². The van der Waals surface area contributed by atoms with Crippen molar-refractivity contribution in [2.24, 2.45) is 5.92 Å². The fourth-order valence-corrected chi connectivity index (χ4v) is 4.49. The number of nitrogens with zero attached hydrogens (tertiary/aromatic N) is 1. The van der Waals surface area contributed by atoms with Gasteiger partial charge in [0.05, 0.1) is 24.4 Å². The Labute approximate surface area is 135 Å². The lowest BCUT2D eigenvalue weighted by Crippen LogP contribution is -2.41. The van der Waals surface area contributed by atoms with E-state index in [4.69, 9.17) is 4.74 Å². The largest absolute Gasteiger partial charge is 0.390 e. The Bertz CT molecular complexity index is 508. The second-order valence-electron chi connectivity index (χ2n) is 6.25. The van der Waals surface area contributed by atoms with Crippen LogP contribution in [-0.2, 0) is 28.9 Å². The molecule has 0 aliphatic heterocycles. The van der Waals surface area contributed by atoms with Crippen LogP contribution in [-0.4, -0.2) is 35.3 Å². The molecule has 2 N–H and O–H groups in total. The molecule has 1 saturated carbocycles. The number of rotatable bonds is 4. The number of carbonyl (C=O) groups is 1. The van der Waals surface area contributed by atoms with Crippen LogP contribution in [0.5, 0.6) is 0 Å². The van der Waals surface area contributed by atoms with Gasteiger partial charge in [0.15, 0.2) is 0 Å². The molecule has 5 nitrogen and oxygen atoms in total.